The minimum atomic E-state index is -4.90. The van der Waals surface area contributed by atoms with Gasteiger partial charge in [0.2, 0.25) is 11.0 Å². The van der Waals surface area contributed by atoms with Crippen molar-refractivity contribution >= 4 is 97.7 Å². The molecule has 2 aliphatic rings. The van der Waals surface area contributed by atoms with Gasteiger partial charge >= 0.3 is 57.8 Å². The Labute approximate surface area is 289 Å². The van der Waals surface area contributed by atoms with E-state index in [0.717, 1.165) is 37.4 Å². The minimum absolute atomic E-state index is 0. The molecule has 2 aliphatic heterocycles. The van der Waals surface area contributed by atoms with Gasteiger partial charge in [-0.05, 0) is 13.8 Å². The number of amides is 7. The van der Waals surface area contributed by atoms with Crippen molar-refractivity contribution in [3.8, 4) is 5.75 Å². The van der Waals surface area contributed by atoms with E-state index < -0.39 is 87.6 Å². The number of imide groups is 1. The number of carbonyl (C=O) groups is 6. The molecule has 22 nitrogen and oxygen atoms in total. The van der Waals surface area contributed by atoms with Crippen LogP contribution in [0.5, 0.6) is 5.75 Å². The number of H-pyrrole nitrogens is 1. The molecule has 1 atom stereocenters. The Hall–Kier alpha value is -4.78. The average molecular weight is 709 g/mol. The number of nitrogens with zero attached hydrogens (tertiary/aromatic N) is 5. The van der Waals surface area contributed by atoms with Crippen LogP contribution in [0.2, 0.25) is 0 Å². The number of rotatable bonds is 10. The first-order chi connectivity index (χ1) is 21.4. The first-order valence-electron chi connectivity index (χ1n) is 12.6. The van der Waals surface area contributed by atoms with Gasteiger partial charge in [-0.3, -0.25) is 29.5 Å². The number of hydrazine groups is 1. The van der Waals surface area contributed by atoms with Crippen LogP contribution in [0.4, 0.5) is 14.7 Å². The summed E-state index contributed by atoms with van der Waals surface area (Å²) in [4.78, 5) is 97.6. The van der Waals surface area contributed by atoms with Gasteiger partial charge in [0.25, 0.3) is 17.7 Å². The van der Waals surface area contributed by atoms with Crippen molar-refractivity contribution in [2.45, 2.75) is 25.5 Å². The predicted molar refractivity (Wildman–Crippen MR) is 159 cm³/mol. The molecule has 2 saturated heterocycles. The number of urea groups is 2. The number of pyridine rings is 1. The third-order valence-electron chi connectivity index (χ3n) is 6.19. The second-order valence-electron chi connectivity index (χ2n) is 9.85. The van der Waals surface area contributed by atoms with Crippen LogP contribution >= 0.6 is 11.3 Å². The van der Waals surface area contributed by atoms with Crippen molar-refractivity contribution in [1.29, 1.82) is 0 Å². The summed E-state index contributed by atoms with van der Waals surface area (Å²) in [5.41, 5.74) is 3.93. The van der Waals surface area contributed by atoms with E-state index in [0.29, 0.717) is 9.91 Å². The van der Waals surface area contributed by atoms with Gasteiger partial charge in [-0.1, -0.05) is 5.16 Å². The summed E-state index contributed by atoms with van der Waals surface area (Å²) in [5.74, 6) is -5.19. The number of aromatic nitrogens is 2. The summed E-state index contributed by atoms with van der Waals surface area (Å²) in [6.45, 7) is 0.924. The molecule has 4 rings (SSSR count). The number of aromatic hydroxyl groups is 1. The quantitative estimate of drug-likeness (QED) is 0.0543. The monoisotopic (exact) mass is 708 g/mol. The van der Waals surface area contributed by atoms with Gasteiger partial charge in [-0.2, -0.15) is 8.42 Å². The summed E-state index contributed by atoms with van der Waals surface area (Å²) >= 11 is 0.928. The Kier molecular flexibility index (Phi) is 10.9. The van der Waals surface area contributed by atoms with Crippen LogP contribution in [0.15, 0.2) is 27.6 Å². The number of hydrogen-bond donors (Lipinski definition) is 7. The third-order valence-corrected chi connectivity index (χ3v) is 8.22. The molecule has 7 amide bonds. The molecule has 0 saturated carbocycles. The number of nitrogens with two attached hydrogens (primary N) is 1. The van der Waals surface area contributed by atoms with Crippen LogP contribution in [0.25, 0.3) is 0 Å². The first-order valence-corrected chi connectivity index (χ1v) is 14.9. The second kappa shape index (κ2) is 13.9. The van der Waals surface area contributed by atoms with Crippen molar-refractivity contribution in [1.82, 2.24) is 39.6 Å². The Bertz CT molecular complexity index is 1840. The summed E-state index contributed by atoms with van der Waals surface area (Å²) in [7, 11) is -4.90. The molecule has 0 bridgehead atoms. The summed E-state index contributed by atoms with van der Waals surface area (Å²) in [6.07, 6.45) is 0.837. The molecule has 2 aromatic heterocycles. The molecule has 2 aromatic rings. The average Bonchev–Trinajstić information content (AvgIpc) is 3.56. The van der Waals surface area contributed by atoms with Gasteiger partial charge in [-0.15, -0.1) is 11.3 Å². The molecule has 47 heavy (non-hydrogen) atoms. The summed E-state index contributed by atoms with van der Waals surface area (Å²) in [6, 6.07) is -3.34. The number of β-lactam (4-membered cyclic amide) rings is 1. The number of oxime groups is 1. The van der Waals surface area contributed by atoms with Gasteiger partial charge < -0.3 is 31.1 Å². The zero-order valence-electron chi connectivity index (χ0n) is 23.5. The van der Waals surface area contributed by atoms with E-state index in [1.807, 2.05) is 0 Å². The molecule has 2 fully saturated rings. The Balaban J connectivity index is 0.00000600. The molecule has 0 spiro atoms. The zero-order chi connectivity index (χ0) is 34.1. The Morgan fingerprint density at radius 1 is 1.21 bits per heavy atom. The van der Waals surface area contributed by atoms with Crippen LogP contribution < -0.4 is 26.6 Å². The number of carbonyl (C=O) groups excluding carboxylic acids is 5. The fourth-order valence-corrected chi connectivity index (χ4v) is 5.20. The SMILES string of the molecule is CC(C)(ON=C(C(=O)N[C@H]1CN(C(=O)NS(=O)(=O)N2CCN(NC(=O)c3cc(=O)c(O)c[nH]3)C2=O)C1=O)c1csc(N)n1)C(=O)O.[NaH]. The number of thiazole rings is 1. The third kappa shape index (κ3) is 7.97. The molecule has 4 heterocycles. The van der Waals surface area contributed by atoms with Gasteiger partial charge in [0.1, 0.15) is 17.4 Å². The van der Waals surface area contributed by atoms with Crippen LogP contribution in [-0.4, -0.2) is 145 Å². The second-order valence-corrected chi connectivity index (χ2v) is 12.3. The van der Waals surface area contributed by atoms with E-state index >= 15 is 0 Å². The molecular formula is C22H25N10NaO12S2. The number of anilines is 1. The first kappa shape index (κ1) is 36.7. The van der Waals surface area contributed by atoms with Crippen molar-refractivity contribution in [2.24, 2.45) is 5.16 Å². The Morgan fingerprint density at radius 2 is 1.89 bits per heavy atom. The van der Waals surface area contributed by atoms with Crippen LogP contribution in [-0.2, 0) is 29.4 Å². The summed E-state index contributed by atoms with van der Waals surface area (Å²) < 4.78 is 27.3. The number of nitrogen functional groups attached to an aromatic ring is 1. The number of likely N-dealkylation sites (tertiary alicyclic amines) is 1. The number of hydrogen-bond acceptors (Lipinski definition) is 15. The molecule has 0 aromatic carbocycles. The van der Waals surface area contributed by atoms with Crippen molar-refractivity contribution in [3.05, 3.63) is 39.3 Å². The predicted octanol–water partition coefficient (Wildman–Crippen LogP) is -3.58. The van der Waals surface area contributed by atoms with E-state index in [1.165, 1.54) is 5.38 Å². The van der Waals surface area contributed by atoms with Gasteiger partial charge in [0.05, 0.1) is 19.6 Å². The standard InChI is InChI=1S/C22H24N10O12S2.Na.H/c1-22(2,18(38)39)44-28-14(11-8-45-19(23)26-11)16(36)25-10-7-30(17(10)37)20(40)29-46(42,43)32-4-3-31(21(32)41)27-15(35)9-5-12(33)13(34)6-24-9;;/h5-6,8,10,34H,3-4,7H2,1-2H3,(H2,23,26)(H,24,33)(H,25,36)(H,27,35)(H,29,40)(H,38,39);;/t10-;;/m0../s1. The maximum atomic E-state index is 12.9. The van der Waals surface area contributed by atoms with E-state index in [4.69, 9.17) is 10.6 Å². The topological polar surface area (TPSA) is 316 Å². The van der Waals surface area contributed by atoms with Gasteiger partial charge in [0.15, 0.2) is 16.6 Å². The fraction of sp³-hybridized carbons (Fsp3) is 0.318. The van der Waals surface area contributed by atoms with Crippen LogP contribution in [0, 0.1) is 0 Å². The van der Waals surface area contributed by atoms with E-state index in [9.17, 15) is 52.2 Å². The molecule has 25 heteroatoms. The number of carboxylic acids is 1. The summed E-state index contributed by atoms with van der Waals surface area (Å²) in [5, 5.41) is 26.3. The van der Waals surface area contributed by atoms with Crippen molar-refractivity contribution in [2.75, 3.05) is 25.4 Å². The maximum absolute atomic E-state index is 12.9. The molecule has 8 N–H and O–H groups in total. The van der Waals surface area contributed by atoms with E-state index in [1.54, 1.807) is 4.72 Å². The Morgan fingerprint density at radius 3 is 2.47 bits per heavy atom. The van der Waals surface area contributed by atoms with E-state index in [-0.39, 0.29) is 56.9 Å². The van der Waals surface area contributed by atoms with Gasteiger partial charge in [0, 0.05) is 17.6 Å². The number of aromatic amines is 1. The van der Waals surface area contributed by atoms with E-state index in [2.05, 4.69) is 25.9 Å². The number of carboxylic acid groups (broad SMARTS) is 1. The van der Waals surface area contributed by atoms with Crippen LogP contribution in [0.3, 0.4) is 0 Å². The molecule has 0 radical (unpaired) electrons. The number of aliphatic carboxylic acids is 1. The van der Waals surface area contributed by atoms with Crippen LogP contribution in [0.1, 0.15) is 30.0 Å². The molecule has 0 aliphatic carbocycles. The van der Waals surface area contributed by atoms with Crippen molar-refractivity contribution in [3.63, 3.8) is 0 Å². The van der Waals surface area contributed by atoms with Crippen molar-refractivity contribution < 1.29 is 52.2 Å². The molecule has 248 valence electrons. The fourth-order valence-electron chi connectivity index (χ4n) is 3.58. The molecule has 0 unspecified atom stereocenters. The molecular weight excluding hydrogens is 683 g/mol. The zero-order valence-corrected chi connectivity index (χ0v) is 25.2. The normalized spacial score (nSPS) is 16.6. The number of nitrogens with one attached hydrogen (secondary N) is 4. The van der Waals surface area contributed by atoms with Gasteiger partial charge in [-0.25, -0.2) is 33.4 Å².